The minimum Gasteiger partial charge on any atom is -0.370 e. The van der Waals surface area contributed by atoms with E-state index in [2.05, 4.69) is 0 Å². The van der Waals surface area contributed by atoms with Crippen LogP contribution in [-0.2, 0) is 0 Å². The average Bonchev–Trinajstić information content (AvgIpc) is 2.95. The number of amides is 2. The molecule has 2 aromatic carbocycles. The zero-order chi connectivity index (χ0) is 24.4. The van der Waals surface area contributed by atoms with Crippen LogP contribution in [0.4, 0.5) is 24.5 Å². The van der Waals surface area contributed by atoms with E-state index in [4.69, 9.17) is 34.8 Å². The summed E-state index contributed by atoms with van der Waals surface area (Å²) in [7, 11) is 0.997. The Kier molecular flexibility index (Phi) is 5.78. The van der Waals surface area contributed by atoms with Gasteiger partial charge in [-0.1, -0.05) is 34.8 Å². The first kappa shape index (κ1) is 23.7. The number of allylic oxidation sites excluding steroid dienone is 1. The fraction of sp³-hybridized carbons (Fsp3) is 0.200. The van der Waals surface area contributed by atoms with Crippen LogP contribution in [0.2, 0.25) is 15.1 Å². The van der Waals surface area contributed by atoms with Gasteiger partial charge in [-0.25, -0.2) is 4.90 Å². The summed E-state index contributed by atoms with van der Waals surface area (Å²) in [6.07, 6.45) is -8.08. The molecule has 2 atom stereocenters. The van der Waals surface area contributed by atoms with Gasteiger partial charge in [0.2, 0.25) is 6.35 Å². The predicted octanol–water partition coefficient (Wildman–Crippen LogP) is 4.24. The Morgan fingerprint density at radius 3 is 1.97 bits per heavy atom. The summed E-state index contributed by atoms with van der Waals surface area (Å²) >= 11 is 18.1. The fourth-order valence-corrected chi connectivity index (χ4v) is 4.18. The number of benzene rings is 2. The average molecular weight is 523 g/mol. The maximum Gasteiger partial charge on any atom is 0.431 e. The van der Waals surface area contributed by atoms with Crippen LogP contribution in [0.3, 0.4) is 0 Å². The molecule has 2 amide bonds. The minimum atomic E-state index is -4.81. The van der Waals surface area contributed by atoms with Crippen LogP contribution in [0, 0.1) is 0 Å². The molecule has 0 radical (unpaired) electrons. The highest BCUT2D eigenvalue weighted by Gasteiger charge is 2.45. The molecule has 2 aliphatic heterocycles. The van der Waals surface area contributed by atoms with Crippen molar-refractivity contribution in [3.63, 3.8) is 0 Å². The summed E-state index contributed by atoms with van der Waals surface area (Å²) in [5, 5.41) is 20.9. The van der Waals surface area contributed by atoms with Crippen molar-refractivity contribution in [2.24, 2.45) is 0 Å². The number of imide groups is 1. The second-order valence-electron chi connectivity index (χ2n) is 7.22. The highest BCUT2D eigenvalue weighted by atomic mass is 35.5. The normalized spacial score (nSPS) is 21.0. The first-order valence-electron chi connectivity index (χ1n) is 9.16. The van der Waals surface area contributed by atoms with Crippen LogP contribution in [0.15, 0.2) is 42.1 Å². The molecule has 33 heavy (non-hydrogen) atoms. The van der Waals surface area contributed by atoms with Gasteiger partial charge in [-0.15, -0.1) is 0 Å². The number of carbonyl (C=O) groups is 2. The molecule has 174 valence electrons. The summed E-state index contributed by atoms with van der Waals surface area (Å²) in [4.78, 5) is 28.0. The molecular weight excluding hydrogens is 510 g/mol. The molecule has 0 bridgehead atoms. The number of halogens is 6. The van der Waals surface area contributed by atoms with E-state index in [0.717, 1.165) is 16.8 Å². The van der Waals surface area contributed by atoms with Crippen molar-refractivity contribution >= 4 is 58.0 Å². The Balaban J connectivity index is 1.76. The second-order valence-corrected chi connectivity index (χ2v) is 8.44. The molecule has 4 rings (SSSR count). The van der Waals surface area contributed by atoms with E-state index in [9.17, 15) is 33.0 Å². The van der Waals surface area contributed by atoms with Gasteiger partial charge in [-0.3, -0.25) is 14.5 Å². The topological polar surface area (TPSA) is 84.3 Å². The lowest BCUT2D eigenvalue weighted by molar-refractivity contribution is -0.133. The predicted molar refractivity (Wildman–Crippen MR) is 115 cm³/mol. The highest BCUT2D eigenvalue weighted by molar-refractivity contribution is 6.45. The van der Waals surface area contributed by atoms with Gasteiger partial charge >= 0.3 is 6.18 Å². The molecule has 2 unspecified atom stereocenters. The van der Waals surface area contributed by atoms with Crippen LogP contribution in [0.5, 0.6) is 0 Å². The minimum absolute atomic E-state index is 0.00797. The van der Waals surface area contributed by atoms with E-state index >= 15 is 0 Å². The number of rotatable bonds is 2. The molecule has 0 aromatic heterocycles. The van der Waals surface area contributed by atoms with Crippen molar-refractivity contribution in [1.82, 2.24) is 4.90 Å². The third kappa shape index (κ3) is 3.81. The number of fused-ring (bicyclic) bond motifs is 1. The smallest absolute Gasteiger partial charge is 0.370 e. The van der Waals surface area contributed by atoms with Gasteiger partial charge in [0, 0.05) is 12.7 Å². The highest BCUT2D eigenvalue weighted by Crippen LogP contribution is 2.40. The lowest BCUT2D eigenvalue weighted by Gasteiger charge is -2.43. The first-order valence-corrected chi connectivity index (χ1v) is 10.3. The summed E-state index contributed by atoms with van der Waals surface area (Å²) in [5.41, 5.74) is -1.37. The molecule has 7 nitrogen and oxygen atoms in total. The molecule has 13 heteroatoms. The van der Waals surface area contributed by atoms with Gasteiger partial charge in [0.15, 0.2) is 6.23 Å². The van der Waals surface area contributed by atoms with Crippen LogP contribution in [0.1, 0.15) is 20.7 Å². The Morgan fingerprint density at radius 2 is 1.45 bits per heavy atom. The van der Waals surface area contributed by atoms with E-state index in [0.29, 0.717) is 11.0 Å². The van der Waals surface area contributed by atoms with Gasteiger partial charge in [-0.2, -0.15) is 13.2 Å². The molecule has 0 saturated heterocycles. The number of carbonyl (C=O) groups excluding carboxylic acids is 2. The van der Waals surface area contributed by atoms with Crippen LogP contribution >= 0.6 is 34.8 Å². The molecule has 0 fully saturated rings. The van der Waals surface area contributed by atoms with E-state index in [1.165, 1.54) is 30.3 Å². The summed E-state index contributed by atoms with van der Waals surface area (Å²) < 4.78 is 39.6. The maximum absolute atomic E-state index is 13.2. The molecule has 2 aliphatic rings. The van der Waals surface area contributed by atoms with Gasteiger partial charge in [0.1, 0.15) is 5.70 Å². The standard InChI is InChI=1S/C20H13Cl3F3N3O4/c1-27-15(20(24,25)26)7-16(30)28(19(27)33)8-2-3-11(21)14(4-8)29-17(31)9-5-12(22)13(23)6-10(9)18(29)32/h2-7,16,19,30,33H,1H3. The van der Waals surface area contributed by atoms with Crippen molar-refractivity contribution in [2.45, 2.75) is 18.8 Å². The van der Waals surface area contributed by atoms with Crippen molar-refractivity contribution in [3.8, 4) is 0 Å². The molecule has 0 spiro atoms. The molecule has 2 aromatic rings. The van der Waals surface area contributed by atoms with E-state index < -0.39 is 36.3 Å². The number of hydrogen-bond donors (Lipinski definition) is 2. The second kappa shape index (κ2) is 8.07. The Labute approximate surface area is 199 Å². The summed E-state index contributed by atoms with van der Waals surface area (Å²) in [6, 6.07) is 6.27. The number of alkyl halides is 3. The molecular formula is C20H13Cl3F3N3O4. The molecule has 2 N–H and O–H groups in total. The van der Waals surface area contributed by atoms with Crippen molar-refractivity contribution in [1.29, 1.82) is 0 Å². The molecule has 2 heterocycles. The Bertz CT molecular complexity index is 1180. The van der Waals surface area contributed by atoms with E-state index in [1.807, 2.05) is 0 Å². The zero-order valence-corrected chi connectivity index (χ0v) is 18.7. The van der Waals surface area contributed by atoms with Crippen LogP contribution in [-0.4, -0.2) is 52.7 Å². The van der Waals surface area contributed by atoms with Gasteiger partial charge < -0.3 is 15.1 Å². The van der Waals surface area contributed by atoms with Crippen molar-refractivity contribution in [2.75, 3.05) is 16.8 Å². The van der Waals surface area contributed by atoms with Crippen molar-refractivity contribution < 1.29 is 33.0 Å². The number of hydrogen-bond acceptors (Lipinski definition) is 6. The van der Waals surface area contributed by atoms with Gasteiger partial charge in [0.05, 0.1) is 31.9 Å². The lowest BCUT2D eigenvalue weighted by atomic mass is 10.1. The SMILES string of the molecule is CN1C(C(F)(F)F)=CC(O)N(c2ccc(Cl)c(N3C(=O)c4cc(Cl)c(Cl)cc4C3=O)c2)C1O. The van der Waals surface area contributed by atoms with Gasteiger partial charge in [0.25, 0.3) is 11.8 Å². The van der Waals surface area contributed by atoms with Crippen LogP contribution < -0.4 is 9.80 Å². The summed E-state index contributed by atoms with van der Waals surface area (Å²) in [6.45, 7) is 0. The van der Waals surface area contributed by atoms with E-state index in [1.54, 1.807) is 0 Å². The molecule has 0 aliphatic carbocycles. The Hall–Kier alpha value is -2.50. The van der Waals surface area contributed by atoms with Crippen molar-refractivity contribution in [3.05, 3.63) is 68.3 Å². The number of aliphatic hydroxyl groups excluding tert-OH is 2. The first-order chi connectivity index (χ1) is 15.3. The number of aliphatic hydroxyl groups is 2. The monoisotopic (exact) mass is 521 g/mol. The van der Waals surface area contributed by atoms with Crippen LogP contribution in [0.25, 0.3) is 0 Å². The largest absolute Gasteiger partial charge is 0.431 e. The Morgan fingerprint density at radius 1 is 0.909 bits per heavy atom. The number of anilines is 2. The van der Waals surface area contributed by atoms with E-state index in [-0.39, 0.29) is 37.6 Å². The third-order valence-electron chi connectivity index (χ3n) is 5.25. The van der Waals surface area contributed by atoms with Gasteiger partial charge in [-0.05, 0) is 36.4 Å². The zero-order valence-electron chi connectivity index (χ0n) is 16.4. The maximum atomic E-state index is 13.2. The lowest BCUT2D eigenvalue weighted by Crippen LogP contribution is -2.56. The fourth-order valence-electron chi connectivity index (χ4n) is 3.65. The third-order valence-corrected chi connectivity index (χ3v) is 6.30. The summed E-state index contributed by atoms with van der Waals surface area (Å²) in [5.74, 6) is -1.49. The quantitative estimate of drug-likeness (QED) is 0.574. The number of nitrogens with zero attached hydrogens (tertiary/aromatic N) is 3. The molecule has 0 saturated carbocycles.